The van der Waals surface area contributed by atoms with Crippen molar-refractivity contribution in [3.05, 3.63) is 52.5 Å². The van der Waals surface area contributed by atoms with Crippen LogP contribution in [0.1, 0.15) is 19.8 Å². The quantitative estimate of drug-likeness (QED) is 0.506. The molecule has 0 aliphatic rings. The minimum atomic E-state index is -1.03. The second-order valence-corrected chi connectivity index (χ2v) is 8.02. The lowest BCUT2D eigenvalue weighted by Gasteiger charge is -2.14. The van der Waals surface area contributed by atoms with Crippen molar-refractivity contribution in [2.75, 3.05) is 10.6 Å². The van der Waals surface area contributed by atoms with Gasteiger partial charge in [0, 0.05) is 17.0 Å². The normalized spacial score (nSPS) is 11.5. The highest BCUT2D eigenvalue weighted by molar-refractivity contribution is 8.00. The summed E-state index contributed by atoms with van der Waals surface area (Å²) in [5.74, 6) is -1.66. The zero-order valence-corrected chi connectivity index (χ0v) is 17.2. The molecule has 2 amide bonds. The number of carboxylic acids is 1. The SMILES string of the molecule is CC(Sc1cccc(NC(=O)CCC(=O)O)c1)C(=O)Nc1cccc(Cl)c1Cl. The first-order chi connectivity index (χ1) is 13.3. The number of amides is 2. The minimum Gasteiger partial charge on any atom is -0.481 e. The number of hydrogen-bond donors (Lipinski definition) is 3. The Morgan fingerprint density at radius 1 is 1.07 bits per heavy atom. The summed E-state index contributed by atoms with van der Waals surface area (Å²) in [5, 5.41) is 14.2. The largest absolute Gasteiger partial charge is 0.481 e. The Morgan fingerprint density at radius 2 is 1.79 bits per heavy atom. The molecule has 0 saturated heterocycles. The van der Waals surface area contributed by atoms with Gasteiger partial charge in [0.15, 0.2) is 0 Å². The van der Waals surface area contributed by atoms with Crippen molar-refractivity contribution < 1.29 is 19.5 Å². The van der Waals surface area contributed by atoms with E-state index in [0.29, 0.717) is 16.4 Å². The predicted octanol–water partition coefficient (Wildman–Crippen LogP) is 4.92. The Labute approximate surface area is 176 Å². The number of carbonyl (C=O) groups is 3. The predicted molar refractivity (Wildman–Crippen MR) is 112 cm³/mol. The van der Waals surface area contributed by atoms with Crippen LogP contribution >= 0.6 is 35.0 Å². The summed E-state index contributed by atoms with van der Waals surface area (Å²) in [4.78, 5) is 35.5. The highest BCUT2D eigenvalue weighted by Crippen LogP contribution is 2.31. The van der Waals surface area contributed by atoms with Crippen molar-refractivity contribution in [2.24, 2.45) is 0 Å². The average molecular weight is 441 g/mol. The molecule has 0 bridgehead atoms. The third-order valence-corrected chi connectivity index (χ3v) is 5.49. The number of carbonyl (C=O) groups excluding carboxylic acids is 2. The number of aliphatic carboxylic acids is 1. The Bertz CT molecular complexity index is 892. The van der Waals surface area contributed by atoms with Gasteiger partial charge in [-0.1, -0.05) is 35.3 Å². The zero-order chi connectivity index (χ0) is 20.7. The van der Waals surface area contributed by atoms with E-state index in [4.69, 9.17) is 28.3 Å². The van der Waals surface area contributed by atoms with E-state index in [1.807, 2.05) is 6.07 Å². The maximum atomic E-state index is 12.4. The summed E-state index contributed by atoms with van der Waals surface area (Å²) in [6.07, 6.45) is -0.338. The topological polar surface area (TPSA) is 95.5 Å². The van der Waals surface area contributed by atoms with Crippen LogP contribution in [0.25, 0.3) is 0 Å². The van der Waals surface area contributed by atoms with Gasteiger partial charge in [0.1, 0.15) is 0 Å². The number of benzene rings is 2. The maximum Gasteiger partial charge on any atom is 0.303 e. The molecule has 1 unspecified atom stereocenters. The summed E-state index contributed by atoms with van der Waals surface area (Å²) < 4.78 is 0. The van der Waals surface area contributed by atoms with Crippen molar-refractivity contribution in [1.29, 1.82) is 0 Å². The minimum absolute atomic E-state index is 0.105. The summed E-state index contributed by atoms with van der Waals surface area (Å²) in [6.45, 7) is 1.75. The molecule has 2 aromatic rings. The highest BCUT2D eigenvalue weighted by atomic mass is 35.5. The van der Waals surface area contributed by atoms with Gasteiger partial charge in [0.05, 0.1) is 27.4 Å². The van der Waals surface area contributed by atoms with Crippen LogP contribution < -0.4 is 10.6 Å². The van der Waals surface area contributed by atoms with E-state index in [9.17, 15) is 14.4 Å². The smallest absolute Gasteiger partial charge is 0.303 e. The number of rotatable bonds is 8. The summed E-state index contributed by atoms with van der Waals surface area (Å²) in [6, 6.07) is 12.0. The molecule has 1 atom stereocenters. The zero-order valence-electron chi connectivity index (χ0n) is 14.9. The molecule has 148 valence electrons. The molecule has 28 heavy (non-hydrogen) atoms. The van der Waals surface area contributed by atoms with E-state index in [2.05, 4.69) is 10.6 Å². The number of thioether (sulfide) groups is 1. The first kappa shape index (κ1) is 22.1. The molecule has 2 rings (SSSR count). The lowest BCUT2D eigenvalue weighted by atomic mass is 10.2. The second-order valence-electron chi connectivity index (χ2n) is 5.82. The molecular formula is C19H18Cl2N2O4S. The molecule has 0 aliphatic carbocycles. The molecule has 0 saturated carbocycles. The van der Waals surface area contributed by atoms with Gasteiger partial charge in [-0.2, -0.15) is 0 Å². The van der Waals surface area contributed by atoms with E-state index in [1.54, 1.807) is 43.3 Å². The van der Waals surface area contributed by atoms with E-state index in [0.717, 1.165) is 4.90 Å². The maximum absolute atomic E-state index is 12.4. The van der Waals surface area contributed by atoms with E-state index in [1.165, 1.54) is 11.8 Å². The van der Waals surface area contributed by atoms with Crippen LogP contribution in [0.15, 0.2) is 47.4 Å². The van der Waals surface area contributed by atoms with Gasteiger partial charge in [-0.05, 0) is 37.3 Å². The summed E-state index contributed by atoms with van der Waals surface area (Å²) in [7, 11) is 0. The fourth-order valence-corrected chi connectivity index (χ4v) is 3.46. The van der Waals surface area contributed by atoms with Crippen LogP contribution in [0.4, 0.5) is 11.4 Å². The number of carboxylic acid groups (broad SMARTS) is 1. The van der Waals surface area contributed by atoms with Gasteiger partial charge in [0.25, 0.3) is 0 Å². The van der Waals surface area contributed by atoms with Gasteiger partial charge in [0.2, 0.25) is 11.8 Å². The van der Waals surface area contributed by atoms with Crippen LogP contribution in [0.3, 0.4) is 0 Å². The third-order valence-electron chi connectivity index (χ3n) is 3.58. The van der Waals surface area contributed by atoms with Gasteiger partial charge in [-0.15, -0.1) is 11.8 Å². The van der Waals surface area contributed by atoms with Gasteiger partial charge in [-0.25, -0.2) is 0 Å². The highest BCUT2D eigenvalue weighted by Gasteiger charge is 2.17. The molecule has 0 spiro atoms. The second kappa shape index (κ2) is 10.4. The van der Waals surface area contributed by atoms with Gasteiger partial charge >= 0.3 is 5.97 Å². The van der Waals surface area contributed by atoms with E-state index in [-0.39, 0.29) is 29.7 Å². The van der Waals surface area contributed by atoms with Crippen LogP contribution in [0, 0.1) is 0 Å². The fourth-order valence-electron chi connectivity index (χ4n) is 2.18. The summed E-state index contributed by atoms with van der Waals surface area (Å²) >= 11 is 13.3. The van der Waals surface area contributed by atoms with Crippen LogP contribution in [0.2, 0.25) is 10.0 Å². The number of halogens is 2. The van der Waals surface area contributed by atoms with Crippen molar-refractivity contribution >= 4 is 64.1 Å². The Morgan fingerprint density at radius 3 is 2.50 bits per heavy atom. The lowest BCUT2D eigenvalue weighted by molar-refractivity contribution is -0.138. The van der Waals surface area contributed by atoms with Gasteiger partial charge < -0.3 is 15.7 Å². The van der Waals surface area contributed by atoms with Gasteiger partial charge in [-0.3, -0.25) is 14.4 Å². The molecule has 0 radical (unpaired) electrons. The fraction of sp³-hybridized carbons (Fsp3) is 0.211. The summed E-state index contributed by atoms with van der Waals surface area (Å²) in [5.41, 5.74) is 0.969. The first-order valence-electron chi connectivity index (χ1n) is 8.29. The Kier molecular flexibility index (Phi) is 8.17. The molecule has 2 aromatic carbocycles. The molecule has 6 nitrogen and oxygen atoms in total. The standard InChI is InChI=1S/C19H18Cl2N2O4S/c1-11(19(27)23-15-7-3-6-14(20)18(15)21)28-13-5-2-4-12(10-13)22-16(24)8-9-17(25)26/h2-7,10-11H,8-9H2,1H3,(H,22,24)(H,23,27)(H,25,26). The van der Waals surface area contributed by atoms with Crippen LogP contribution in [-0.4, -0.2) is 28.1 Å². The molecule has 0 aromatic heterocycles. The van der Waals surface area contributed by atoms with Crippen molar-refractivity contribution in [3.63, 3.8) is 0 Å². The molecule has 3 N–H and O–H groups in total. The first-order valence-corrected chi connectivity index (χ1v) is 9.93. The lowest BCUT2D eigenvalue weighted by Crippen LogP contribution is -2.22. The number of nitrogens with one attached hydrogen (secondary N) is 2. The monoisotopic (exact) mass is 440 g/mol. The van der Waals surface area contributed by atoms with Crippen molar-refractivity contribution in [2.45, 2.75) is 29.9 Å². The average Bonchev–Trinajstić information content (AvgIpc) is 2.64. The Hall–Kier alpha value is -2.22. The van der Waals surface area contributed by atoms with E-state index < -0.39 is 11.2 Å². The van der Waals surface area contributed by atoms with Crippen LogP contribution in [0.5, 0.6) is 0 Å². The van der Waals surface area contributed by atoms with Crippen molar-refractivity contribution in [3.8, 4) is 0 Å². The number of anilines is 2. The molecular weight excluding hydrogens is 423 g/mol. The molecule has 0 aliphatic heterocycles. The van der Waals surface area contributed by atoms with Crippen molar-refractivity contribution in [1.82, 2.24) is 0 Å². The number of hydrogen-bond acceptors (Lipinski definition) is 4. The van der Waals surface area contributed by atoms with Crippen LogP contribution in [-0.2, 0) is 14.4 Å². The van der Waals surface area contributed by atoms with E-state index >= 15 is 0 Å². The molecule has 9 heteroatoms. The Balaban J connectivity index is 1.96. The third kappa shape index (κ3) is 6.74. The molecule has 0 fully saturated rings. The molecule has 0 heterocycles.